The largest absolute Gasteiger partial charge is 0.356 e. The molecule has 1 saturated heterocycles. The van der Waals surface area contributed by atoms with E-state index in [2.05, 4.69) is 39.1 Å². The molecule has 22 heavy (non-hydrogen) atoms. The highest BCUT2D eigenvalue weighted by Crippen LogP contribution is 2.60. The van der Waals surface area contributed by atoms with E-state index in [9.17, 15) is 9.59 Å². The smallest absolute Gasteiger partial charge is 0.226 e. The summed E-state index contributed by atoms with van der Waals surface area (Å²) >= 11 is 0. The third-order valence-corrected chi connectivity index (χ3v) is 5.26. The second-order valence-electron chi connectivity index (χ2n) is 7.77. The number of carbonyl (C=O) groups excluding carboxylic acids is 2. The van der Waals surface area contributed by atoms with Crippen LogP contribution in [0.15, 0.2) is 11.6 Å². The number of likely N-dealkylation sites (tertiary alicyclic amines) is 1. The van der Waals surface area contributed by atoms with Crippen molar-refractivity contribution in [2.45, 2.75) is 47.5 Å². The number of amides is 2. The van der Waals surface area contributed by atoms with Crippen LogP contribution in [-0.2, 0) is 9.59 Å². The average Bonchev–Trinajstić information content (AvgIpc) is 2.96. The maximum Gasteiger partial charge on any atom is 0.226 e. The van der Waals surface area contributed by atoms with Gasteiger partial charge in [-0.15, -0.1) is 0 Å². The van der Waals surface area contributed by atoms with E-state index in [0.717, 1.165) is 32.5 Å². The van der Waals surface area contributed by atoms with E-state index >= 15 is 0 Å². The van der Waals surface area contributed by atoms with Crippen LogP contribution in [0.25, 0.3) is 0 Å². The van der Waals surface area contributed by atoms with E-state index in [1.165, 1.54) is 5.57 Å². The third kappa shape index (κ3) is 3.71. The molecular weight excluding hydrogens is 276 g/mol. The molecule has 2 rings (SSSR count). The van der Waals surface area contributed by atoms with Crippen molar-refractivity contribution in [2.75, 3.05) is 19.6 Å². The van der Waals surface area contributed by atoms with Crippen molar-refractivity contribution in [1.82, 2.24) is 10.2 Å². The number of piperidine rings is 1. The Kier molecular flexibility index (Phi) is 4.98. The van der Waals surface area contributed by atoms with E-state index in [0.29, 0.717) is 17.7 Å². The van der Waals surface area contributed by atoms with Gasteiger partial charge in [0.05, 0.1) is 5.92 Å². The van der Waals surface area contributed by atoms with Crippen LogP contribution in [-0.4, -0.2) is 36.3 Å². The summed E-state index contributed by atoms with van der Waals surface area (Å²) in [6.07, 6.45) is 4.24. The second kappa shape index (κ2) is 6.43. The molecule has 4 nitrogen and oxygen atoms in total. The number of carbonyl (C=O) groups is 2. The molecule has 0 unspecified atom stereocenters. The molecule has 1 N–H and O–H groups in total. The molecule has 2 atom stereocenters. The maximum atomic E-state index is 12.8. The number of nitrogens with zero attached hydrogens (tertiary/aromatic N) is 1. The van der Waals surface area contributed by atoms with E-state index in [1.807, 2.05) is 4.90 Å². The molecule has 0 aromatic carbocycles. The Morgan fingerprint density at radius 1 is 1.18 bits per heavy atom. The molecule has 1 saturated carbocycles. The Morgan fingerprint density at radius 3 is 2.27 bits per heavy atom. The zero-order chi connectivity index (χ0) is 16.5. The Balaban J connectivity index is 1.86. The van der Waals surface area contributed by atoms with Crippen molar-refractivity contribution in [3.05, 3.63) is 11.6 Å². The number of rotatable bonds is 4. The molecule has 2 fully saturated rings. The van der Waals surface area contributed by atoms with Gasteiger partial charge in [0.2, 0.25) is 11.8 Å². The molecule has 1 aliphatic heterocycles. The lowest BCUT2D eigenvalue weighted by Gasteiger charge is -2.32. The standard InChI is InChI=1S/C18H30N2O2/c1-12(2)10-15-16(18(15,4)5)17(22)20-8-6-14(7-9-20)11-19-13(3)21/h10,14-16H,6-9,11H2,1-5H3,(H,19,21)/t15-,16-/m1/s1. The van der Waals surface area contributed by atoms with Crippen LogP contribution in [0.2, 0.25) is 0 Å². The fourth-order valence-corrected chi connectivity index (χ4v) is 3.66. The molecule has 1 heterocycles. The Hall–Kier alpha value is -1.32. The van der Waals surface area contributed by atoms with Crippen LogP contribution in [0.4, 0.5) is 0 Å². The van der Waals surface area contributed by atoms with Gasteiger partial charge < -0.3 is 10.2 Å². The van der Waals surface area contributed by atoms with Crippen molar-refractivity contribution in [2.24, 2.45) is 23.2 Å². The first kappa shape index (κ1) is 17.0. The molecule has 4 heteroatoms. The summed E-state index contributed by atoms with van der Waals surface area (Å²) in [5.74, 6) is 1.40. The van der Waals surface area contributed by atoms with Crippen molar-refractivity contribution in [3.8, 4) is 0 Å². The summed E-state index contributed by atoms with van der Waals surface area (Å²) in [7, 11) is 0. The molecule has 1 aliphatic carbocycles. The molecule has 0 aromatic heterocycles. The van der Waals surface area contributed by atoms with Gasteiger partial charge in [0, 0.05) is 26.6 Å². The van der Waals surface area contributed by atoms with Gasteiger partial charge in [-0.2, -0.15) is 0 Å². The molecular formula is C18H30N2O2. The van der Waals surface area contributed by atoms with Crippen molar-refractivity contribution >= 4 is 11.8 Å². The lowest BCUT2D eigenvalue weighted by Crippen LogP contribution is -2.42. The highest BCUT2D eigenvalue weighted by atomic mass is 16.2. The zero-order valence-corrected chi connectivity index (χ0v) is 14.6. The van der Waals surface area contributed by atoms with E-state index in [4.69, 9.17) is 0 Å². The fourth-order valence-electron chi connectivity index (χ4n) is 3.66. The van der Waals surface area contributed by atoms with Gasteiger partial charge in [0.1, 0.15) is 0 Å². The van der Waals surface area contributed by atoms with Crippen molar-refractivity contribution in [1.29, 1.82) is 0 Å². The predicted octanol–water partition coefficient (Wildman–Crippen LogP) is 2.60. The van der Waals surface area contributed by atoms with Crippen LogP contribution >= 0.6 is 0 Å². The molecule has 0 spiro atoms. The van der Waals surface area contributed by atoms with Crippen LogP contribution in [0.5, 0.6) is 0 Å². The number of hydrogen-bond donors (Lipinski definition) is 1. The van der Waals surface area contributed by atoms with E-state index in [1.54, 1.807) is 6.92 Å². The van der Waals surface area contributed by atoms with Crippen LogP contribution < -0.4 is 5.32 Å². The Labute approximate surface area is 134 Å². The lowest BCUT2D eigenvalue weighted by molar-refractivity contribution is -0.135. The molecule has 0 aromatic rings. The first-order valence-electron chi connectivity index (χ1n) is 8.41. The highest BCUT2D eigenvalue weighted by Gasteiger charge is 2.61. The normalized spacial score (nSPS) is 27.2. The van der Waals surface area contributed by atoms with Gasteiger partial charge in [0.25, 0.3) is 0 Å². The Morgan fingerprint density at radius 2 is 1.77 bits per heavy atom. The monoisotopic (exact) mass is 306 g/mol. The number of allylic oxidation sites excluding steroid dienone is 2. The predicted molar refractivity (Wildman–Crippen MR) is 88.2 cm³/mol. The second-order valence-corrected chi connectivity index (χ2v) is 7.77. The SMILES string of the molecule is CC(=O)NCC1CCN(C(=O)[C@H]2[C@@H](C=C(C)C)C2(C)C)CC1. The minimum atomic E-state index is 0.0304. The van der Waals surface area contributed by atoms with E-state index in [-0.39, 0.29) is 17.2 Å². The summed E-state index contributed by atoms with van der Waals surface area (Å²) in [6.45, 7) is 12.6. The molecule has 124 valence electrons. The third-order valence-electron chi connectivity index (χ3n) is 5.26. The molecule has 2 amide bonds. The van der Waals surface area contributed by atoms with Crippen LogP contribution in [0.3, 0.4) is 0 Å². The summed E-state index contributed by atoms with van der Waals surface area (Å²) in [5, 5.41) is 2.89. The Bertz CT molecular complexity index is 469. The number of nitrogens with one attached hydrogen (secondary N) is 1. The summed E-state index contributed by atoms with van der Waals surface area (Å²) < 4.78 is 0. The minimum absolute atomic E-state index is 0.0304. The maximum absolute atomic E-state index is 12.8. The summed E-state index contributed by atoms with van der Waals surface area (Å²) in [6, 6.07) is 0. The lowest BCUT2D eigenvalue weighted by atomic mass is 9.96. The first-order chi connectivity index (χ1) is 10.2. The van der Waals surface area contributed by atoms with Gasteiger partial charge >= 0.3 is 0 Å². The number of hydrogen-bond acceptors (Lipinski definition) is 2. The summed E-state index contributed by atoms with van der Waals surface area (Å²) in [5.41, 5.74) is 1.39. The summed E-state index contributed by atoms with van der Waals surface area (Å²) in [4.78, 5) is 25.8. The quantitative estimate of drug-likeness (QED) is 0.812. The van der Waals surface area contributed by atoms with Gasteiger partial charge in [0.15, 0.2) is 0 Å². The average molecular weight is 306 g/mol. The first-order valence-corrected chi connectivity index (χ1v) is 8.41. The fraction of sp³-hybridized carbons (Fsp3) is 0.778. The molecule has 2 aliphatic rings. The van der Waals surface area contributed by atoms with Crippen molar-refractivity contribution < 1.29 is 9.59 Å². The zero-order valence-electron chi connectivity index (χ0n) is 14.6. The van der Waals surface area contributed by atoms with Crippen LogP contribution in [0.1, 0.15) is 47.5 Å². The van der Waals surface area contributed by atoms with Crippen LogP contribution in [0, 0.1) is 23.2 Å². The van der Waals surface area contributed by atoms with Gasteiger partial charge in [-0.05, 0) is 43.9 Å². The van der Waals surface area contributed by atoms with E-state index < -0.39 is 0 Å². The highest BCUT2D eigenvalue weighted by molar-refractivity contribution is 5.84. The minimum Gasteiger partial charge on any atom is -0.356 e. The van der Waals surface area contributed by atoms with Gasteiger partial charge in [-0.25, -0.2) is 0 Å². The molecule has 0 radical (unpaired) electrons. The van der Waals surface area contributed by atoms with Gasteiger partial charge in [-0.1, -0.05) is 25.5 Å². The van der Waals surface area contributed by atoms with Crippen molar-refractivity contribution in [3.63, 3.8) is 0 Å². The topological polar surface area (TPSA) is 49.4 Å². The molecule has 0 bridgehead atoms. The van der Waals surface area contributed by atoms with Gasteiger partial charge in [-0.3, -0.25) is 9.59 Å².